The molecule has 1 unspecified atom stereocenters. The molecule has 114 valence electrons. The zero-order chi connectivity index (χ0) is 15.6. The van der Waals surface area contributed by atoms with E-state index in [4.69, 9.17) is 5.73 Å². The topological polar surface area (TPSA) is 92.4 Å². The molecule has 1 aromatic heterocycles. The minimum atomic E-state index is -3.87. The van der Waals surface area contributed by atoms with Crippen LogP contribution in [-0.4, -0.2) is 20.1 Å². The smallest absolute Gasteiger partial charge is 0.241 e. The first-order valence-electron chi connectivity index (χ1n) is 6.06. The summed E-state index contributed by atoms with van der Waals surface area (Å²) in [6.07, 6.45) is -0.941. The van der Waals surface area contributed by atoms with Crippen molar-refractivity contribution in [1.29, 1.82) is 0 Å². The van der Waals surface area contributed by atoms with Crippen LogP contribution < -0.4 is 10.5 Å². The van der Waals surface area contributed by atoms with E-state index in [-0.39, 0.29) is 22.7 Å². The number of nitrogens with one attached hydrogen (secondary N) is 1. The number of anilines is 1. The number of thiophene rings is 1. The molecule has 4 N–H and O–H groups in total. The van der Waals surface area contributed by atoms with Gasteiger partial charge in [-0.15, -0.1) is 0 Å². The summed E-state index contributed by atoms with van der Waals surface area (Å²) in [5.74, 6) is -0.662. The average molecular weight is 330 g/mol. The van der Waals surface area contributed by atoms with Gasteiger partial charge < -0.3 is 10.8 Å². The number of hydrogen-bond donors (Lipinski definition) is 3. The van der Waals surface area contributed by atoms with Crippen molar-refractivity contribution in [2.75, 3.05) is 12.3 Å². The molecule has 0 saturated heterocycles. The number of rotatable bonds is 5. The molecule has 0 aliphatic rings. The number of nitrogens with two attached hydrogens (primary N) is 1. The fourth-order valence-corrected chi connectivity index (χ4v) is 3.81. The summed E-state index contributed by atoms with van der Waals surface area (Å²) in [5, 5.41) is 13.4. The molecule has 1 aromatic carbocycles. The van der Waals surface area contributed by atoms with Crippen molar-refractivity contribution >= 4 is 27.0 Å². The molecule has 2 rings (SSSR count). The van der Waals surface area contributed by atoms with E-state index in [0.29, 0.717) is 5.56 Å². The Bertz CT molecular complexity index is 730. The summed E-state index contributed by atoms with van der Waals surface area (Å²) >= 11 is 1.41. The normalized spacial score (nSPS) is 13.3. The van der Waals surface area contributed by atoms with Crippen LogP contribution in [0.15, 0.2) is 33.9 Å². The van der Waals surface area contributed by atoms with Crippen LogP contribution in [0, 0.1) is 12.7 Å². The molecule has 8 heteroatoms. The molecule has 0 aliphatic heterocycles. The molecular formula is C13H15FN2O3S2. The maximum Gasteiger partial charge on any atom is 0.241 e. The average Bonchev–Trinajstić information content (AvgIpc) is 2.94. The number of halogens is 1. The maximum atomic E-state index is 13.3. The molecule has 0 bridgehead atoms. The number of sulfonamides is 1. The van der Waals surface area contributed by atoms with E-state index in [9.17, 15) is 17.9 Å². The molecule has 0 amide bonds. The molecule has 2 aromatic rings. The minimum absolute atomic E-state index is 0.0982. The third kappa shape index (κ3) is 3.59. The van der Waals surface area contributed by atoms with Crippen molar-refractivity contribution in [3.8, 4) is 0 Å². The Morgan fingerprint density at radius 1 is 1.48 bits per heavy atom. The lowest BCUT2D eigenvalue weighted by Gasteiger charge is -2.13. The molecule has 0 fully saturated rings. The van der Waals surface area contributed by atoms with Gasteiger partial charge in [-0.3, -0.25) is 0 Å². The highest BCUT2D eigenvalue weighted by atomic mass is 32.2. The fraction of sp³-hybridized carbons (Fsp3) is 0.231. The van der Waals surface area contributed by atoms with Crippen LogP contribution in [0.4, 0.5) is 10.1 Å². The van der Waals surface area contributed by atoms with Crippen LogP contribution in [0.5, 0.6) is 0 Å². The van der Waals surface area contributed by atoms with Crippen molar-refractivity contribution in [3.05, 3.63) is 45.9 Å². The Kier molecular flexibility index (Phi) is 4.62. The molecule has 5 nitrogen and oxygen atoms in total. The van der Waals surface area contributed by atoms with Gasteiger partial charge in [-0.1, -0.05) is 0 Å². The third-order valence-electron chi connectivity index (χ3n) is 2.98. The predicted octanol–water partition coefficient (Wildman–Crippen LogP) is 1.79. The zero-order valence-electron chi connectivity index (χ0n) is 11.2. The Morgan fingerprint density at radius 3 is 2.81 bits per heavy atom. The van der Waals surface area contributed by atoms with Gasteiger partial charge in [-0.05, 0) is 47.0 Å². The summed E-state index contributed by atoms with van der Waals surface area (Å²) in [4.78, 5) is -0.0982. The van der Waals surface area contributed by atoms with Gasteiger partial charge in [0.25, 0.3) is 0 Å². The lowest BCUT2D eigenvalue weighted by atomic mass is 10.2. The van der Waals surface area contributed by atoms with Crippen LogP contribution in [0.3, 0.4) is 0 Å². The van der Waals surface area contributed by atoms with Crippen molar-refractivity contribution in [3.63, 3.8) is 0 Å². The number of benzene rings is 1. The molecule has 1 atom stereocenters. The zero-order valence-corrected chi connectivity index (χ0v) is 12.8. The van der Waals surface area contributed by atoms with Crippen LogP contribution in [-0.2, 0) is 10.0 Å². The van der Waals surface area contributed by atoms with Crippen molar-refractivity contribution in [2.45, 2.75) is 17.9 Å². The second-order valence-electron chi connectivity index (χ2n) is 4.56. The second-order valence-corrected chi connectivity index (χ2v) is 7.08. The highest BCUT2D eigenvalue weighted by Gasteiger charge is 2.20. The molecule has 1 heterocycles. The molecule has 21 heavy (non-hydrogen) atoms. The Morgan fingerprint density at radius 2 is 2.19 bits per heavy atom. The van der Waals surface area contributed by atoms with Gasteiger partial charge in [0, 0.05) is 6.54 Å². The van der Waals surface area contributed by atoms with Gasteiger partial charge in [0.15, 0.2) is 0 Å². The number of hydrogen-bond acceptors (Lipinski definition) is 5. The predicted molar refractivity (Wildman–Crippen MR) is 80.0 cm³/mol. The van der Waals surface area contributed by atoms with Crippen LogP contribution in [0.25, 0.3) is 0 Å². The van der Waals surface area contributed by atoms with E-state index in [1.54, 1.807) is 16.8 Å². The molecule has 0 aliphatic carbocycles. The van der Waals surface area contributed by atoms with E-state index in [1.807, 2.05) is 0 Å². The summed E-state index contributed by atoms with van der Waals surface area (Å²) in [5.41, 5.74) is 6.05. The monoisotopic (exact) mass is 330 g/mol. The molecular weight excluding hydrogens is 315 g/mol. The third-order valence-corrected chi connectivity index (χ3v) is 5.25. The van der Waals surface area contributed by atoms with Crippen molar-refractivity contribution in [1.82, 2.24) is 4.72 Å². The van der Waals surface area contributed by atoms with Gasteiger partial charge >= 0.3 is 0 Å². The number of nitrogen functional groups attached to an aromatic ring is 1. The number of aryl methyl sites for hydroxylation is 1. The standard InChI is InChI=1S/C13H15FN2O3S2/c1-8-4-10(14)11(15)5-13(8)21(18,19)16-6-12(17)9-2-3-20-7-9/h2-5,7,12,16-17H,6,15H2,1H3. The summed E-state index contributed by atoms with van der Waals surface area (Å²) in [6.45, 7) is 1.31. The van der Waals surface area contributed by atoms with E-state index >= 15 is 0 Å². The number of aliphatic hydroxyl groups excluding tert-OH is 1. The largest absolute Gasteiger partial charge is 0.396 e. The Labute approximate surface area is 126 Å². The van der Waals surface area contributed by atoms with Gasteiger partial charge in [0.05, 0.1) is 16.7 Å². The van der Waals surface area contributed by atoms with Gasteiger partial charge in [-0.2, -0.15) is 11.3 Å². The highest BCUT2D eigenvalue weighted by molar-refractivity contribution is 7.89. The Hall–Kier alpha value is -1.48. The lowest BCUT2D eigenvalue weighted by Crippen LogP contribution is -2.29. The van der Waals surface area contributed by atoms with Crippen LogP contribution in [0.2, 0.25) is 0 Å². The number of aliphatic hydroxyl groups is 1. The first kappa shape index (κ1) is 15.9. The summed E-state index contributed by atoms with van der Waals surface area (Å²) in [6, 6.07) is 3.86. The summed E-state index contributed by atoms with van der Waals surface area (Å²) in [7, 11) is -3.87. The van der Waals surface area contributed by atoms with Crippen LogP contribution >= 0.6 is 11.3 Å². The summed E-state index contributed by atoms with van der Waals surface area (Å²) < 4.78 is 40.0. The lowest BCUT2D eigenvalue weighted by molar-refractivity contribution is 0.182. The van der Waals surface area contributed by atoms with Crippen LogP contribution in [0.1, 0.15) is 17.2 Å². The van der Waals surface area contributed by atoms with Gasteiger partial charge in [-0.25, -0.2) is 17.5 Å². The first-order chi connectivity index (χ1) is 9.81. The minimum Gasteiger partial charge on any atom is -0.396 e. The van der Waals surface area contributed by atoms with Crippen molar-refractivity contribution in [2.24, 2.45) is 0 Å². The molecule has 0 saturated carbocycles. The SMILES string of the molecule is Cc1cc(F)c(N)cc1S(=O)(=O)NCC(O)c1ccsc1. The van der Waals surface area contributed by atoms with E-state index in [1.165, 1.54) is 18.3 Å². The van der Waals surface area contributed by atoms with Gasteiger partial charge in [0.2, 0.25) is 10.0 Å². The molecule has 0 radical (unpaired) electrons. The first-order valence-corrected chi connectivity index (χ1v) is 8.49. The molecule has 0 spiro atoms. The highest BCUT2D eigenvalue weighted by Crippen LogP contribution is 2.22. The quantitative estimate of drug-likeness (QED) is 0.729. The van der Waals surface area contributed by atoms with E-state index in [2.05, 4.69) is 4.72 Å². The fourth-order valence-electron chi connectivity index (χ4n) is 1.81. The maximum absolute atomic E-state index is 13.3. The van der Waals surface area contributed by atoms with E-state index in [0.717, 1.165) is 12.1 Å². The second kappa shape index (κ2) is 6.10. The van der Waals surface area contributed by atoms with Gasteiger partial charge in [0.1, 0.15) is 5.82 Å². The van der Waals surface area contributed by atoms with Crippen molar-refractivity contribution < 1.29 is 17.9 Å². The van der Waals surface area contributed by atoms with E-state index < -0.39 is 21.9 Å². The Balaban J connectivity index is 2.17.